The molecule has 3 rings (SSSR count). The van der Waals surface area contributed by atoms with Gasteiger partial charge in [-0.15, -0.1) is 0 Å². The van der Waals surface area contributed by atoms with Crippen LogP contribution in [-0.4, -0.2) is 60.0 Å². The zero-order valence-corrected chi connectivity index (χ0v) is 22.7. The largest absolute Gasteiger partial charge is 0.369 e. The Bertz CT molecular complexity index is 1060. The summed E-state index contributed by atoms with van der Waals surface area (Å²) >= 11 is 0. The molecule has 0 bridgehead atoms. The van der Waals surface area contributed by atoms with E-state index in [1.54, 1.807) is 6.20 Å². The summed E-state index contributed by atoms with van der Waals surface area (Å²) in [5.74, 6) is 0.663. The Morgan fingerprint density at radius 1 is 1.08 bits per heavy atom. The molecule has 194 valence electrons. The number of nitrogens with zero attached hydrogens (tertiary/aromatic N) is 5. The van der Waals surface area contributed by atoms with Crippen molar-refractivity contribution in [3.63, 3.8) is 0 Å². The van der Waals surface area contributed by atoms with Crippen molar-refractivity contribution in [1.82, 2.24) is 20.2 Å². The van der Waals surface area contributed by atoms with Crippen molar-refractivity contribution in [2.24, 2.45) is 10.8 Å². The number of benzene rings is 1. The van der Waals surface area contributed by atoms with Crippen molar-refractivity contribution in [3.05, 3.63) is 47.4 Å². The van der Waals surface area contributed by atoms with E-state index < -0.39 is 5.41 Å². The monoisotopic (exact) mass is 491 g/mol. The fourth-order valence-electron chi connectivity index (χ4n) is 4.24. The Labute approximate surface area is 216 Å². The summed E-state index contributed by atoms with van der Waals surface area (Å²) in [6.45, 7) is 18.9. The minimum Gasteiger partial charge on any atom is -0.369 e. The van der Waals surface area contributed by atoms with Crippen LogP contribution in [0.4, 0.5) is 11.5 Å². The number of hydrogen-bond acceptors (Lipinski definition) is 7. The lowest BCUT2D eigenvalue weighted by molar-refractivity contribution is -0.129. The molecule has 2 heterocycles. The number of carbonyl (C=O) groups is 1. The maximum absolute atomic E-state index is 13.1. The fourth-order valence-corrected chi connectivity index (χ4v) is 4.24. The van der Waals surface area contributed by atoms with Gasteiger partial charge in [-0.2, -0.15) is 5.26 Å². The van der Waals surface area contributed by atoms with Crippen LogP contribution in [0.3, 0.4) is 0 Å². The van der Waals surface area contributed by atoms with Crippen molar-refractivity contribution >= 4 is 17.4 Å². The molecule has 1 aromatic carbocycles. The molecule has 0 spiro atoms. The Morgan fingerprint density at radius 3 is 2.33 bits per heavy atom. The molecule has 0 unspecified atom stereocenters. The van der Waals surface area contributed by atoms with Crippen molar-refractivity contribution in [2.75, 3.05) is 49.5 Å². The number of nitriles is 1. The van der Waals surface area contributed by atoms with Gasteiger partial charge in [-0.25, -0.2) is 9.97 Å². The van der Waals surface area contributed by atoms with E-state index in [9.17, 15) is 10.1 Å². The number of carbonyl (C=O) groups excluding carboxylic acids is 1. The molecule has 2 N–H and O–H groups in total. The third-order valence-electron chi connectivity index (χ3n) is 6.57. The summed E-state index contributed by atoms with van der Waals surface area (Å²) < 4.78 is 0. The van der Waals surface area contributed by atoms with Crippen LogP contribution in [0, 0.1) is 22.2 Å². The van der Waals surface area contributed by atoms with Gasteiger partial charge in [0.1, 0.15) is 11.9 Å². The van der Waals surface area contributed by atoms with Gasteiger partial charge in [0.05, 0.1) is 0 Å². The molecule has 8 nitrogen and oxygen atoms in total. The Kier molecular flexibility index (Phi) is 8.91. The molecule has 1 aromatic heterocycles. The molecule has 0 saturated carbocycles. The molecule has 8 heteroatoms. The van der Waals surface area contributed by atoms with Gasteiger partial charge in [0.15, 0.2) is 0 Å². The van der Waals surface area contributed by atoms with Gasteiger partial charge >= 0.3 is 0 Å². The SMILES string of the molecule is CCN1CCN(c2ccc(CC(C)(C)C(=O)NCc3cnc(C#N)nc3NCC(C)(C)C)cc2)CC1. The molecule has 2 aromatic rings. The van der Waals surface area contributed by atoms with Crippen molar-refractivity contribution < 1.29 is 4.79 Å². The molecule has 0 radical (unpaired) electrons. The van der Waals surface area contributed by atoms with Crippen LogP contribution >= 0.6 is 0 Å². The minimum absolute atomic E-state index is 0.0339. The number of piperazine rings is 1. The normalized spacial score (nSPS) is 14.9. The highest BCUT2D eigenvalue weighted by molar-refractivity contribution is 5.82. The Morgan fingerprint density at radius 2 is 1.75 bits per heavy atom. The third-order valence-corrected chi connectivity index (χ3v) is 6.57. The highest BCUT2D eigenvalue weighted by Gasteiger charge is 2.28. The summed E-state index contributed by atoms with van der Waals surface area (Å²) in [4.78, 5) is 26.4. The molecule has 0 aliphatic carbocycles. The van der Waals surface area contributed by atoms with Crippen LogP contribution in [-0.2, 0) is 17.8 Å². The predicted octanol–water partition coefficient (Wildman–Crippen LogP) is 3.83. The van der Waals surface area contributed by atoms with E-state index in [4.69, 9.17) is 0 Å². The Balaban J connectivity index is 1.59. The second kappa shape index (κ2) is 11.7. The van der Waals surface area contributed by atoms with E-state index in [1.807, 2.05) is 19.9 Å². The highest BCUT2D eigenvalue weighted by atomic mass is 16.2. The average molecular weight is 492 g/mol. The van der Waals surface area contributed by atoms with Crippen LogP contribution < -0.4 is 15.5 Å². The molecule has 1 saturated heterocycles. The summed E-state index contributed by atoms with van der Waals surface area (Å²) in [5, 5.41) is 15.5. The lowest BCUT2D eigenvalue weighted by atomic mass is 9.84. The van der Waals surface area contributed by atoms with Crippen LogP contribution in [0.1, 0.15) is 58.5 Å². The van der Waals surface area contributed by atoms with Gasteiger partial charge in [0.25, 0.3) is 0 Å². The average Bonchev–Trinajstić information content (AvgIpc) is 2.86. The number of rotatable bonds is 9. The molecular weight excluding hydrogens is 450 g/mol. The fraction of sp³-hybridized carbons (Fsp3) is 0.571. The van der Waals surface area contributed by atoms with Gasteiger partial charge < -0.3 is 20.4 Å². The van der Waals surface area contributed by atoms with Gasteiger partial charge in [-0.05, 0) is 36.1 Å². The van der Waals surface area contributed by atoms with E-state index in [0.29, 0.717) is 25.3 Å². The standard InChI is InChI=1S/C28H41N7O/c1-7-34-12-14-35(15-13-34)23-10-8-21(9-11-23)16-28(5,6)26(36)31-19-22-18-30-24(17-29)33-25(22)32-20-27(2,3)4/h8-11,18H,7,12-16,19-20H2,1-6H3,(H,31,36)(H,30,32,33). The smallest absolute Gasteiger partial charge is 0.234 e. The van der Waals surface area contributed by atoms with Crippen LogP contribution in [0.15, 0.2) is 30.5 Å². The molecule has 1 amide bonds. The molecule has 1 aliphatic rings. The first kappa shape index (κ1) is 27.4. The van der Waals surface area contributed by atoms with Crippen molar-refractivity contribution in [2.45, 2.75) is 54.5 Å². The second-order valence-electron chi connectivity index (χ2n) is 11.4. The zero-order valence-electron chi connectivity index (χ0n) is 22.7. The van der Waals surface area contributed by atoms with E-state index >= 15 is 0 Å². The van der Waals surface area contributed by atoms with Gasteiger partial charge in [0, 0.05) is 62.1 Å². The van der Waals surface area contributed by atoms with E-state index in [-0.39, 0.29) is 17.1 Å². The molecule has 1 fully saturated rings. The van der Waals surface area contributed by atoms with Crippen molar-refractivity contribution in [1.29, 1.82) is 5.26 Å². The van der Waals surface area contributed by atoms with Crippen LogP contribution in [0.2, 0.25) is 0 Å². The minimum atomic E-state index is -0.583. The maximum atomic E-state index is 13.1. The number of nitrogens with one attached hydrogen (secondary N) is 2. The van der Waals surface area contributed by atoms with Crippen LogP contribution in [0.5, 0.6) is 0 Å². The quantitative estimate of drug-likeness (QED) is 0.550. The summed E-state index contributed by atoms with van der Waals surface area (Å²) in [5.41, 5.74) is 2.60. The number of aromatic nitrogens is 2. The number of hydrogen-bond donors (Lipinski definition) is 2. The lowest BCUT2D eigenvalue weighted by Crippen LogP contribution is -2.46. The molecular formula is C28H41N7O. The van der Waals surface area contributed by atoms with E-state index in [2.05, 4.69) is 82.4 Å². The van der Waals surface area contributed by atoms with Crippen LogP contribution in [0.25, 0.3) is 0 Å². The third kappa shape index (κ3) is 7.66. The highest BCUT2D eigenvalue weighted by Crippen LogP contribution is 2.25. The van der Waals surface area contributed by atoms with Gasteiger partial charge in [0.2, 0.25) is 11.7 Å². The van der Waals surface area contributed by atoms with Gasteiger partial charge in [-0.1, -0.05) is 53.7 Å². The number of anilines is 2. The topological polar surface area (TPSA) is 97.2 Å². The van der Waals surface area contributed by atoms with E-state index in [0.717, 1.165) is 43.9 Å². The lowest BCUT2D eigenvalue weighted by Gasteiger charge is -2.35. The maximum Gasteiger partial charge on any atom is 0.234 e. The zero-order chi connectivity index (χ0) is 26.3. The first-order valence-electron chi connectivity index (χ1n) is 12.8. The second-order valence-corrected chi connectivity index (χ2v) is 11.4. The van der Waals surface area contributed by atoms with E-state index in [1.165, 1.54) is 5.69 Å². The first-order valence-corrected chi connectivity index (χ1v) is 12.8. The molecule has 1 aliphatic heterocycles. The number of likely N-dealkylation sites (N-methyl/N-ethyl adjacent to an activating group) is 1. The van der Waals surface area contributed by atoms with Gasteiger partial charge in [-0.3, -0.25) is 4.79 Å². The molecule has 0 atom stereocenters. The summed E-state index contributed by atoms with van der Waals surface area (Å²) in [7, 11) is 0. The van der Waals surface area contributed by atoms with Crippen molar-refractivity contribution in [3.8, 4) is 6.07 Å². The first-order chi connectivity index (χ1) is 17.0. The Hall–Kier alpha value is -3.18. The molecule has 36 heavy (non-hydrogen) atoms. The summed E-state index contributed by atoms with van der Waals surface area (Å²) in [6.07, 6.45) is 2.25. The number of amides is 1. The summed E-state index contributed by atoms with van der Waals surface area (Å²) in [6, 6.07) is 10.6. The predicted molar refractivity (Wildman–Crippen MR) is 145 cm³/mol.